The van der Waals surface area contributed by atoms with Gasteiger partial charge in [0, 0.05) is 31.4 Å². The summed E-state index contributed by atoms with van der Waals surface area (Å²) in [5.74, 6) is 0.733. The van der Waals surface area contributed by atoms with Crippen LogP contribution in [0.4, 0.5) is 5.82 Å². The van der Waals surface area contributed by atoms with Crippen molar-refractivity contribution in [1.29, 1.82) is 0 Å². The number of benzene rings is 1. The molecule has 26 heavy (non-hydrogen) atoms. The molecule has 0 radical (unpaired) electrons. The number of hydrogen-bond donors (Lipinski definition) is 3. The third-order valence-corrected chi connectivity index (χ3v) is 4.70. The lowest BCUT2D eigenvalue weighted by Gasteiger charge is -2.26. The van der Waals surface area contributed by atoms with Gasteiger partial charge in [-0.15, -0.1) is 0 Å². The first-order valence-corrected chi connectivity index (χ1v) is 8.89. The first-order chi connectivity index (χ1) is 12.7. The van der Waals surface area contributed by atoms with Gasteiger partial charge in [-0.25, -0.2) is 9.78 Å². The van der Waals surface area contributed by atoms with Crippen molar-refractivity contribution in [3.63, 3.8) is 0 Å². The summed E-state index contributed by atoms with van der Waals surface area (Å²) in [5.41, 5.74) is 3.02. The molecular formula is C19H21N5O2. The van der Waals surface area contributed by atoms with Crippen molar-refractivity contribution in [3.8, 4) is 0 Å². The third kappa shape index (κ3) is 3.46. The van der Waals surface area contributed by atoms with E-state index in [4.69, 9.17) is 0 Å². The molecular weight excluding hydrogens is 330 g/mol. The Balaban J connectivity index is 1.45. The van der Waals surface area contributed by atoms with Crippen molar-refractivity contribution in [1.82, 2.24) is 19.9 Å². The number of rotatable bonds is 4. The first-order valence-electron chi connectivity index (χ1n) is 8.89. The van der Waals surface area contributed by atoms with Gasteiger partial charge in [0.05, 0.1) is 11.0 Å². The van der Waals surface area contributed by atoms with E-state index in [0.717, 1.165) is 42.5 Å². The monoisotopic (exact) mass is 351 g/mol. The van der Waals surface area contributed by atoms with Gasteiger partial charge in [-0.2, -0.15) is 0 Å². The molecule has 1 aliphatic rings. The number of imidazole rings is 1. The highest BCUT2D eigenvalue weighted by Gasteiger charge is 2.18. The zero-order chi connectivity index (χ0) is 17.9. The SMILES string of the molecule is O=C(c1ccnc(NCc2ccc3[nH]c(=O)[nH]c3c2)c1)N1CCCCC1. The maximum absolute atomic E-state index is 12.6. The van der Waals surface area contributed by atoms with Crippen LogP contribution in [-0.2, 0) is 6.54 Å². The number of piperidine rings is 1. The molecule has 1 fully saturated rings. The molecule has 4 rings (SSSR count). The Kier molecular flexibility index (Phi) is 4.43. The zero-order valence-corrected chi connectivity index (χ0v) is 14.4. The summed E-state index contributed by atoms with van der Waals surface area (Å²) in [4.78, 5) is 35.6. The van der Waals surface area contributed by atoms with Gasteiger partial charge in [-0.1, -0.05) is 6.07 Å². The van der Waals surface area contributed by atoms with E-state index in [2.05, 4.69) is 20.3 Å². The van der Waals surface area contributed by atoms with Gasteiger partial charge in [0.1, 0.15) is 5.82 Å². The molecule has 0 unspecified atom stereocenters. The van der Waals surface area contributed by atoms with Gasteiger partial charge in [-0.05, 0) is 49.1 Å². The van der Waals surface area contributed by atoms with Gasteiger partial charge >= 0.3 is 5.69 Å². The number of carbonyl (C=O) groups excluding carboxylic acids is 1. The number of hydrogen-bond acceptors (Lipinski definition) is 4. The second-order valence-electron chi connectivity index (χ2n) is 6.60. The molecule has 0 spiro atoms. The quantitative estimate of drug-likeness (QED) is 0.673. The Hall–Kier alpha value is -3.09. The summed E-state index contributed by atoms with van der Waals surface area (Å²) >= 11 is 0. The lowest BCUT2D eigenvalue weighted by Crippen LogP contribution is -2.35. The molecule has 1 aromatic carbocycles. The van der Waals surface area contributed by atoms with E-state index in [1.807, 2.05) is 23.1 Å². The lowest BCUT2D eigenvalue weighted by atomic mass is 10.1. The predicted octanol–water partition coefficient (Wildman–Crippen LogP) is 2.49. The highest BCUT2D eigenvalue weighted by Crippen LogP contribution is 2.16. The smallest absolute Gasteiger partial charge is 0.323 e. The minimum Gasteiger partial charge on any atom is -0.366 e. The number of pyridine rings is 1. The van der Waals surface area contributed by atoms with Crippen LogP contribution in [0.5, 0.6) is 0 Å². The molecule has 0 saturated carbocycles. The summed E-state index contributed by atoms with van der Waals surface area (Å²) < 4.78 is 0. The normalized spacial score (nSPS) is 14.5. The van der Waals surface area contributed by atoms with E-state index in [-0.39, 0.29) is 11.6 Å². The molecule has 3 aromatic rings. The van der Waals surface area contributed by atoms with Gasteiger partial charge in [0.25, 0.3) is 5.91 Å². The average molecular weight is 351 g/mol. The van der Waals surface area contributed by atoms with E-state index in [9.17, 15) is 9.59 Å². The fraction of sp³-hybridized carbons (Fsp3) is 0.316. The summed E-state index contributed by atoms with van der Waals surface area (Å²) in [6, 6.07) is 9.30. The van der Waals surface area contributed by atoms with Crippen LogP contribution >= 0.6 is 0 Å². The molecule has 3 heterocycles. The summed E-state index contributed by atoms with van der Waals surface area (Å²) in [5, 5.41) is 3.25. The van der Waals surface area contributed by atoms with Crippen LogP contribution in [0.25, 0.3) is 11.0 Å². The summed E-state index contributed by atoms with van der Waals surface area (Å²) in [6.45, 7) is 2.22. The Labute approximate surface area is 150 Å². The Morgan fingerprint density at radius 1 is 1.08 bits per heavy atom. The van der Waals surface area contributed by atoms with Gasteiger partial charge in [-0.3, -0.25) is 4.79 Å². The fourth-order valence-corrected chi connectivity index (χ4v) is 3.32. The van der Waals surface area contributed by atoms with Crippen LogP contribution in [0, 0.1) is 0 Å². The minimum absolute atomic E-state index is 0.0708. The molecule has 0 bridgehead atoms. The first kappa shape index (κ1) is 16.4. The van der Waals surface area contributed by atoms with Crippen molar-refractivity contribution in [2.24, 2.45) is 0 Å². The molecule has 1 aliphatic heterocycles. The predicted molar refractivity (Wildman–Crippen MR) is 100 cm³/mol. The van der Waals surface area contributed by atoms with Crippen LogP contribution in [0.1, 0.15) is 35.2 Å². The number of nitrogens with zero attached hydrogens (tertiary/aromatic N) is 2. The van der Waals surface area contributed by atoms with Gasteiger partial charge < -0.3 is 20.2 Å². The van der Waals surface area contributed by atoms with Crippen molar-refractivity contribution in [3.05, 3.63) is 58.1 Å². The lowest BCUT2D eigenvalue weighted by molar-refractivity contribution is 0.0724. The highest BCUT2D eigenvalue weighted by atomic mass is 16.2. The fourth-order valence-electron chi connectivity index (χ4n) is 3.32. The van der Waals surface area contributed by atoms with Crippen LogP contribution in [-0.4, -0.2) is 38.8 Å². The number of aromatic nitrogens is 3. The number of H-pyrrole nitrogens is 2. The van der Waals surface area contributed by atoms with Crippen molar-refractivity contribution in [2.75, 3.05) is 18.4 Å². The average Bonchev–Trinajstić information content (AvgIpc) is 3.06. The zero-order valence-electron chi connectivity index (χ0n) is 14.4. The van der Waals surface area contributed by atoms with Crippen LogP contribution in [0.2, 0.25) is 0 Å². The van der Waals surface area contributed by atoms with E-state index in [1.165, 1.54) is 6.42 Å². The van der Waals surface area contributed by atoms with Crippen LogP contribution in [0.15, 0.2) is 41.3 Å². The van der Waals surface area contributed by atoms with Crippen molar-refractivity contribution in [2.45, 2.75) is 25.8 Å². The molecule has 7 nitrogen and oxygen atoms in total. The molecule has 1 amide bonds. The maximum Gasteiger partial charge on any atom is 0.323 e. The van der Waals surface area contributed by atoms with Crippen LogP contribution < -0.4 is 11.0 Å². The Morgan fingerprint density at radius 2 is 1.88 bits per heavy atom. The van der Waals surface area contributed by atoms with E-state index >= 15 is 0 Å². The summed E-state index contributed by atoms with van der Waals surface area (Å²) in [6.07, 6.45) is 5.01. The molecule has 0 atom stereocenters. The molecule has 7 heteroatoms. The van der Waals surface area contributed by atoms with E-state index in [1.54, 1.807) is 18.3 Å². The number of fused-ring (bicyclic) bond motifs is 1. The second kappa shape index (κ2) is 7.03. The Bertz CT molecular complexity index is 985. The van der Waals surface area contributed by atoms with E-state index in [0.29, 0.717) is 17.9 Å². The highest BCUT2D eigenvalue weighted by molar-refractivity contribution is 5.94. The minimum atomic E-state index is -0.212. The number of anilines is 1. The molecule has 134 valence electrons. The van der Waals surface area contributed by atoms with Crippen LogP contribution in [0.3, 0.4) is 0 Å². The second-order valence-corrected chi connectivity index (χ2v) is 6.60. The maximum atomic E-state index is 12.6. The number of nitrogens with one attached hydrogen (secondary N) is 3. The topological polar surface area (TPSA) is 93.9 Å². The molecule has 1 saturated heterocycles. The molecule has 3 N–H and O–H groups in total. The Morgan fingerprint density at radius 3 is 2.73 bits per heavy atom. The number of likely N-dealkylation sites (tertiary alicyclic amines) is 1. The van der Waals surface area contributed by atoms with Gasteiger partial charge in [0.15, 0.2) is 0 Å². The van der Waals surface area contributed by atoms with Crippen molar-refractivity contribution >= 4 is 22.8 Å². The number of carbonyl (C=O) groups is 1. The molecule has 0 aliphatic carbocycles. The summed E-state index contributed by atoms with van der Waals surface area (Å²) in [7, 11) is 0. The van der Waals surface area contributed by atoms with Crippen molar-refractivity contribution < 1.29 is 4.79 Å². The van der Waals surface area contributed by atoms with Gasteiger partial charge in [0.2, 0.25) is 0 Å². The number of aromatic amines is 2. The third-order valence-electron chi connectivity index (χ3n) is 4.70. The van der Waals surface area contributed by atoms with E-state index < -0.39 is 0 Å². The largest absolute Gasteiger partial charge is 0.366 e. The number of amides is 1. The molecule has 2 aromatic heterocycles. The standard InChI is InChI=1S/C19H21N5O2/c25-18(24-8-2-1-3-9-24)14-6-7-20-17(11-14)21-12-13-4-5-15-16(10-13)23-19(26)22-15/h4-7,10-11H,1-3,8-9,12H2,(H,20,21)(H2,22,23,26).